The highest BCUT2D eigenvalue weighted by Crippen LogP contribution is 2.35. The number of hydrogen-bond donors (Lipinski definition) is 3. The highest BCUT2D eigenvalue weighted by atomic mass is 35.5. The van der Waals surface area contributed by atoms with Gasteiger partial charge < -0.3 is 20.4 Å². The van der Waals surface area contributed by atoms with Crippen LogP contribution in [0, 0.1) is 0 Å². The molecule has 0 bridgehead atoms. The Balaban J connectivity index is 0.000000392. The molecule has 2 aromatic carbocycles. The number of carboxylic acids is 2. The topological polar surface area (TPSA) is 107 Å². The van der Waals surface area contributed by atoms with Gasteiger partial charge in [0.25, 0.3) is 0 Å². The number of carboxylic acid groups (broad SMARTS) is 2. The first-order chi connectivity index (χ1) is 17.4. The number of benzene rings is 2. The van der Waals surface area contributed by atoms with Crippen molar-refractivity contribution in [2.75, 3.05) is 30.3 Å². The molecule has 7 nitrogen and oxygen atoms in total. The Morgan fingerprint density at radius 2 is 1.64 bits per heavy atom. The molecule has 0 saturated carbocycles. The molecule has 0 aliphatic carbocycles. The van der Waals surface area contributed by atoms with Crippen molar-refractivity contribution < 1.29 is 24.6 Å². The zero-order valence-corrected chi connectivity index (χ0v) is 21.9. The van der Waals surface area contributed by atoms with Crippen molar-refractivity contribution in [3.05, 3.63) is 58.1 Å². The SMILES string of the molecule is O=C(O)CCC(=O)O.O=C1CCc2ccccc2N1CCCCSc1c(Cl)ccc2c1CCNCC2. The molecule has 36 heavy (non-hydrogen) atoms. The molecule has 1 amide bonds. The third-order valence-corrected chi connectivity index (χ3v) is 7.87. The van der Waals surface area contributed by atoms with Crippen LogP contribution >= 0.6 is 23.4 Å². The molecule has 0 fully saturated rings. The quantitative estimate of drug-likeness (QED) is 0.314. The largest absolute Gasteiger partial charge is 0.481 e. The Kier molecular flexibility index (Phi) is 11.1. The number of nitrogens with one attached hydrogen (secondary N) is 1. The van der Waals surface area contributed by atoms with Crippen LogP contribution in [0.1, 0.15) is 48.8 Å². The van der Waals surface area contributed by atoms with E-state index in [0.717, 1.165) is 68.2 Å². The number of carbonyl (C=O) groups is 3. The monoisotopic (exact) mass is 532 g/mol. The lowest BCUT2D eigenvalue weighted by molar-refractivity contribution is -0.143. The Hall–Kier alpha value is -2.55. The minimum absolute atomic E-state index is 0.260. The molecule has 0 aromatic heterocycles. The van der Waals surface area contributed by atoms with Gasteiger partial charge in [-0.1, -0.05) is 35.9 Å². The summed E-state index contributed by atoms with van der Waals surface area (Å²) in [6, 6.07) is 12.5. The van der Waals surface area contributed by atoms with E-state index >= 15 is 0 Å². The van der Waals surface area contributed by atoms with Crippen LogP contribution in [-0.4, -0.2) is 53.4 Å². The Labute approximate surface area is 221 Å². The minimum Gasteiger partial charge on any atom is -0.481 e. The second kappa shape index (κ2) is 14.3. The number of amides is 1. The fourth-order valence-corrected chi connectivity index (χ4v) is 5.87. The number of hydrogen-bond acceptors (Lipinski definition) is 5. The first-order valence-electron chi connectivity index (χ1n) is 12.3. The van der Waals surface area contributed by atoms with Gasteiger partial charge in [-0.05, 0) is 79.8 Å². The van der Waals surface area contributed by atoms with E-state index in [1.165, 1.54) is 21.6 Å². The van der Waals surface area contributed by atoms with Crippen molar-refractivity contribution in [3.8, 4) is 0 Å². The van der Waals surface area contributed by atoms with Gasteiger partial charge in [0, 0.05) is 23.5 Å². The minimum atomic E-state index is -1.08. The number of halogens is 1. The maximum atomic E-state index is 12.4. The van der Waals surface area contributed by atoms with Crippen LogP contribution in [-0.2, 0) is 33.6 Å². The lowest BCUT2D eigenvalue weighted by Gasteiger charge is -2.29. The Morgan fingerprint density at radius 3 is 2.39 bits per heavy atom. The van der Waals surface area contributed by atoms with Crippen LogP contribution < -0.4 is 10.2 Å². The number of aliphatic carboxylic acids is 2. The second-order valence-electron chi connectivity index (χ2n) is 8.78. The molecule has 4 rings (SSSR count). The number of thioether (sulfide) groups is 1. The fourth-order valence-electron chi connectivity index (χ4n) is 4.37. The highest BCUT2D eigenvalue weighted by Gasteiger charge is 2.23. The van der Waals surface area contributed by atoms with Crippen LogP contribution in [0.2, 0.25) is 5.02 Å². The highest BCUT2D eigenvalue weighted by molar-refractivity contribution is 7.99. The van der Waals surface area contributed by atoms with E-state index in [-0.39, 0.29) is 18.7 Å². The zero-order chi connectivity index (χ0) is 25.9. The van der Waals surface area contributed by atoms with E-state index in [9.17, 15) is 14.4 Å². The zero-order valence-electron chi connectivity index (χ0n) is 20.3. The van der Waals surface area contributed by atoms with Crippen molar-refractivity contribution in [2.24, 2.45) is 0 Å². The summed E-state index contributed by atoms with van der Waals surface area (Å²) in [5.74, 6) is -0.858. The first-order valence-corrected chi connectivity index (χ1v) is 13.7. The summed E-state index contributed by atoms with van der Waals surface area (Å²) in [5.41, 5.74) is 5.27. The van der Waals surface area contributed by atoms with Crippen LogP contribution in [0.5, 0.6) is 0 Å². The molecule has 2 aliphatic heterocycles. The van der Waals surface area contributed by atoms with E-state index < -0.39 is 11.9 Å². The van der Waals surface area contributed by atoms with Gasteiger partial charge in [-0.2, -0.15) is 0 Å². The van der Waals surface area contributed by atoms with Gasteiger partial charge in [0.1, 0.15) is 0 Å². The predicted octanol–water partition coefficient (Wildman–Crippen LogP) is 4.82. The standard InChI is InChI=1S/C23H27ClN2OS.C4H6O4/c24-20-9-7-17-11-13-25-14-12-19(17)23(20)28-16-4-3-15-26-21-6-2-1-5-18(21)8-10-22(26)27;5-3(6)1-2-4(7)8/h1-2,5-7,9,25H,3-4,8,10-16H2;1-2H2,(H,5,6)(H,7,8). The van der Waals surface area contributed by atoms with Gasteiger partial charge in [0.05, 0.1) is 17.9 Å². The van der Waals surface area contributed by atoms with E-state index in [2.05, 4.69) is 35.6 Å². The summed E-state index contributed by atoms with van der Waals surface area (Å²) < 4.78 is 0. The number of aryl methyl sites for hydroxylation is 1. The Morgan fingerprint density at radius 1 is 0.917 bits per heavy atom. The van der Waals surface area contributed by atoms with E-state index in [1.54, 1.807) is 0 Å². The molecule has 9 heteroatoms. The summed E-state index contributed by atoms with van der Waals surface area (Å²) >= 11 is 8.41. The van der Waals surface area contributed by atoms with Crippen molar-refractivity contribution >= 4 is 46.9 Å². The lowest BCUT2D eigenvalue weighted by atomic mass is 10.0. The maximum Gasteiger partial charge on any atom is 0.303 e. The molecule has 2 heterocycles. The van der Waals surface area contributed by atoms with Gasteiger partial charge >= 0.3 is 11.9 Å². The predicted molar refractivity (Wildman–Crippen MR) is 143 cm³/mol. The third kappa shape index (κ3) is 8.25. The van der Waals surface area contributed by atoms with Gasteiger partial charge in [0.2, 0.25) is 5.91 Å². The summed E-state index contributed by atoms with van der Waals surface area (Å²) in [5, 5.41) is 20.2. The van der Waals surface area contributed by atoms with Gasteiger partial charge in [-0.25, -0.2) is 0 Å². The smallest absolute Gasteiger partial charge is 0.303 e. The fraction of sp³-hybridized carbons (Fsp3) is 0.444. The van der Waals surface area contributed by atoms with Crippen LogP contribution in [0.3, 0.4) is 0 Å². The van der Waals surface area contributed by atoms with Crippen molar-refractivity contribution in [1.82, 2.24) is 5.32 Å². The average molecular weight is 533 g/mol. The lowest BCUT2D eigenvalue weighted by Crippen LogP contribution is -2.35. The molecule has 0 unspecified atom stereocenters. The van der Waals surface area contributed by atoms with Crippen LogP contribution in [0.4, 0.5) is 5.69 Å². The van der Waals surface area contributed by atoms with Crippen LogP contribution in [0.25, 0.3) is 0 Å². The molecule has 2 aliphatic rings. The van der Waals surface area contributed by atoms with Crippen molar-refractivity contribution in [2.45, 2.75) is 56.3 Å². The second-order valence-corrected chi connectivity index (χ2v) is 10.3. The number of para-hydroxylation sites is 1. The summed E-state index contributed by atoms with van der Waals surface area (Å²) in [7, 11) is 0. The summed E-state index contributed by atoms with van der Waals surface area (Å²) in [6.07, 6.45) is 5.13. The number of rotatable bonds is 9. The molecule has 0 radical (unpaired) electrons. The van der Waals surface area contributed by atoms with Crippen molar-refractivity contribution in [3.63, 3.8) is 0 Å². The van der Waals surface area contributed by atoms with Gasteiger partial charge in [0.15, 0.2) is 0 Å². The van der Waals surface area contributed by atoms with Gasteiger partial charge in [-0.3, -0.25) is 14.4 Å². The molecule has 0 saturated heterocycles. The van der Waals surface area contributed by atoms with Gasteiger partial charge in [-0.15, -0.1) is 11.8 Å². The summed E-state index contributed by atoms with van der Waals surface area (Å²) in [6.45, 7) is 2.88. The van der Waals surface area contributed by atoms with Crippen molar-refractivity contribution in [1.29, 1.82) is 0 Å². The molecule has 2 aromatic rings. The molecular weight excluding hydrogens is 500 g/mol. The summed E-state index contributed by atoms with van der Waals surface area (Å²) in [4.78, 5) is 34.9. The van der Waals surface area contributed by atoms with E-state index in [0.29, 0.717) is 6.42 Å². The number of fused-ring (bicyclic) bond motifs is 2. The average Bonchev–Trinajstić information content (AvgIpc) is 3.11. The van der Waals surface area contributed by atoms with E-state index in [4.69, 9.17) is 21.8 Å². The Bertz CT molecular complexity index is 1060. The first kappa shape index (κ1) is 28.0. The number of anilines is 1. The molecule has 194 valence electrons. The number of nitrogens with zero attached hydrogens (tertiary/aromatic N) is 1. The molecule has 3 N–H and O–H groups in total. The molecule has 0 spiro atoms. The molecule has 0 atom stereocenters. The third-order valence-electron chi connectivity index (χ3n) is 6.20. The van der Waals surface area contributed by atoms with E-state index in [1.807, 2.05) is 22.7 Å². The molecular formula is C27H33ClN2O5S. The maximum absolute atomic E-state index is 12.4. The van der Waals surface area contributed by atoms with Crippen LogP contribution in [0.15, 0.2) is 41.3 Å². The normalized spacial score (nSPS) is 14.7. The number of unbranched alkanes of at least 4 members (excludes halogenated alkanes) is 1. The number of carbonyl (C=O) groups excluding carboxylic acids is 1.